The highest BCUT2D eigenvalue weighted by Crippen LogP contribution is 2.23. The molecule has 0 spiro atoms. The molecule has 0 radical (unpaired) electrons. The molecule has 2 aliphatic rings. The molecule has 126 valence electrons. The second kappa shape index (κ2) is 7.45. The summed E-state index contributed by atoms with van der Waals surface area (Å²) in [6.07, 6.45) is 3.22. The molecule has 3 rings (SSSR count). The van der Waals surface area contributed by atoms with E-state index < -0.39 is 0 Å². The number of hydrogen-bond donors (Lipinski definition) is 0. The van der Waals surface area contributed by atoms with Crippen molar-refractivity contribution < 1.29 is 9.53 Å². The molecule has 0 N–H and O–H groups in total. The largest absolute Gasteiger partial charge is 0.381 e. The van der Waals surface area contributed by atoms with Crippen LogP contribution in [0.4, 0.5) is 0 Å². The minimum Gasteiger partial charge on any atom is -0.381 e. The second-order valence-electron chi connectivity index (χ2n) is 7.09. The van der Waals surface area contributed by atoms with E-state index in [9.17, 15) is 4.79 Å². The fourth-order valence-corrected chi connectivity index (χ4v) is 3.57. The Morgan fingerprint density at radius 2 is 1.91 bits per heavy atom. The molecule has 0 saturated carbocycles. The Kier molecular flexibility index (Phi) is 5.34. The molecule has 0 aromatic heterocycles. The average molecular weight is 316 g/mol. The van der Waals surface area contributed by atoms with Gasteiger partial charge in [0.05, 0.1) is 6.61 Å². The number of carbonyl (C=O) groups excluding carboxylic acids is 1. The van der Waals surface area contributed by atoms with Crippen molar-refractivity contribution in [2.24, 2.45) is 5.92 Å². The predicted octanol–water partition coefficient (Wildman–Crippen LogP) is 2.57. The maximum atomic E-state index is 13.1. The zero-order chi connectivity index (χ0) is 16.2. The highest BCUT2D eigenvalue weighted by molar-refractivity contribution is 5.94. The van der Waals surface area contributed by atoms with E-state index >= 15 is 0 Å². The van der Waals surface area contributed by atoms with E-state index in [1.165, 1.54) is 5.56 Å². The molecule has 0 aliphatic carbocycles. The van der Waals surface area contributed by atoms with Crippen LogP contribution in [-0.4, -0.2) is 61.6 Å². The third-order valence-electron chi connectivity index (χ3n) is 5.17. The molecule has 1 atom stereocenters. The summed E-state index contributed by atoms with van der Waals surface area (Å²) < 4.78 is 5.52. The summed E-state index contributed by atoms with van der Waals surface area (Å²) in [5.41, 5.74) is 2.00. The molecule has 2 aliphatic heterocycles. The van der Waals surface area contributed by atoms with Gasteiger partial charge in [-0.1, -0.05) is 17.7 Å². The third-order valence-corrected chi connectivity index (χ3v) is 5.17. The fraction of sp³-hybridized carbons (Fsp3) is 0.632. The van der Waals surface area contributed by atoms with Gasteiger partial charge < -0.3 is 14.5 Å². The SMILES string of the molecule is Cc1ccc(C(=O)N(CC2CCOC2)C2CCN(C)CC2)cc1. The summed E-state index contributed by atoms with van der Waals surface area (Å²) in [6, 6.07) is 8.34. The number of piperidine rings is 1. The van der Waals surface area contributed by atoms with Gasteiger partial charge in [-0.3, -0.25) is 4.79 Å². The summed E-state index contributed by atoms with van der Waals surface area (Å²) in [5.74, 6) is 0.676. The second-order valence-corrected chi connectivity index (χ2v) is 7.09. The lowest BCUT2D eigenvalue weighted by molar-refractivity contribution is 0.0536. The van der Waals surface area contributed by atoms with E-state index in [-0.39, 0.29) is 5.91 Å². The number of likely N-dealkylation sites (tertiary alicyclic amines) is 1. The van der Waals surface area contributed by atoms with E-state index in [1.54, 1.807) is 0 Å². The predicted molar refractivity (Wildman–Crippen MR) is 91.7 cm³/mol. The summed E-state index contributed by atoms with van der Waals surface area (Å²) >= 11 is 0. The molecule has 2 heterocycles. The van der Waals surface area contributed by atoms with Crippen molar-refractivity contribution in [1.82, 2.24) is 9.80 Å². The first-order chi connectivity index (χ1) is 11.1. The summed E-state index contributed by atoms with van der Waals surface area (Å²) in [7, 11) is 2.16. The molecule has 1 amide bonds. The number of rotatable bonds is 4. The van der Waals surface area contributed by atoms with Crippen LogP contribution >= 0.6 is 0 Å². The Morgan fingerprint density at radius 1 is 1.22 bits per heavy atom. The van der Waals surface area contributed by atoms with Crippen LogP contribution in [0.25, 0.3) is 0 Å². The van der Waals surface area contributed by atoms with Crippen molar-refractivity contribution in [1.29, 1.82) is 0 Å². The van der Waals surface area contributed by atoms with Gasteiger partial charge >= 0.3 is 0 Å². The zero-order valence-electron chi connectivity index (χ0n) is 14.3. The lowest BCUT2D eigenvalue weighted by atomic mass is 9.99. The smallest absolute Gasteiger partial charge is 0.254 e. The van der Waals surface area contributed by atoms with Gasteiger partial charge in [0.2, 0.25) is 0 Å². The van der Waals surface area contributed by atoms with Crippen LogP contribution in [0.15, 0.2) is 24.3 Å². The van der Waals surface area contributed by atoms with Crippen molar-refractivity contribution in [3.05, 3.63) is 35.4 Å². The first kappa shape index (κ1) is 16.5. The summed E-state index contributed by atoms with van der Waals surface area (Å²) in [5, 5.41) is 0. The Bertz CT molecular complexity index is 515. The minimum absolute atomic E-state index is 0.187. The van der Waals surface area contributed by atoms with Crippen LogP contribution in [0.1, 0.15) is 35.2 Å². The van der Waals surface area contributed by atoms with Crippen molar-refractivity contribution in [3.63, 3.8) is 0 Å². The number of hydrogen-bond acceptors (Lipinski definition) is 3. The standard InChI is InChI=1S/C19H28N2O2/c1-15-3-5-17(6-4-15)19(22)21(13-16-9-12-23-14-16)18-7-10-20(2)11-8-18/h3-6,16,18H,7-14H2,1-2H3. The van der Waals surface area contributed by atoms with E-state index in [1.807, 2.05) is 24.3 Å². The molecule has 2 saturated heterocycles. The van der Waals surface area contributed by atoms with Gasteiger partial charge in [-0.05, 0) is 58.5 Å². The van der Waals surface area contributed by atoms with Gasteiger partial charge in [-0.2, -0.15) is 0 Å². The highest BCUT2D eigenvalue weighted by atomic mass is 16.5. The molecule has 2 fully saturated rings. The zero-order valence-corrected chi connectivity index (χ0v) is 14.3. The maximum Gasteiger partial charge on any atom is 0.254 e. The normalized spacial score (nSPS) is 23.1. The number of aryl methyl sites for hydroxylation is 1. The van der Waals surface area contributed by atoms with Crippen molar-refractivity contribution >= 4 is 5.91 Å². The molecule has 1 aromatic rings. The van der Waals surface area contributed by atoms with Crippen LogP contribution < -0.4 is 0 Å². The van der Waals surface area contributed by atoms with Gasteiger partial charge in [-0.25, -0.2) is 0 Å². The van der Waals surface area contributed by atoms with Gasteiger partial charge in [0, 0.05) is 30.7 Å². The van der Waals surface area contributed by atoms with Crippen molar-refractivity contribution in [2.45, 2.75) is 32.2 Å². The van der Waals surface area contributed by atoms with Crippen molar-refractivity contribution in [2.75, 3.05) is 39.9 Å². The summed E-state index contributed by atoms with van der Waals surface area (Å²) in [4.78, 5) is 17.6. The van der Waals surface area contributed by atoms with Crippen LogP contribution in [-0.2, 0) is 4.74 Å². The molecule has 0 bridgehead atoms. The number of amides is 1. The van der Waals surface area contributed by atoms with Gasteiger partial charge in [0.25, 0.3) is 5.91 Å². The quantitative estimate of drug-likeness (QED) is 0.856. The van der Waals surface area contributed by atoms with E-state index in [0.717, 1.165) is 57.7 Å². The van der Waals surface area contributed by atoms with E-state index in [2.05, 4.69) is 23.8 Å². The van der Waals surface area contributed by atoms with Crippen molar-refractivity contribution in [3.8, 4) is 0 Å². The molecular weight excluding hydrogens is 288 g/mol. The van der Waals surface area contributed by atoms with Gasteiger partial charge in [0.1, 0.15) is 0 Å². The molecule has 4 nitrogen and oxygen atoms in total. The molecule has 23 heavy (non-hydrogen) atoms. The topological polar surface area (TPSA) is 32.8 Å². The molecule has 4 heteroatoms. The minimum atomic E-state index is 0.187. The molecule has 1 unspecified atom stereocenters. The van der Waals surface area contributed by atoms with Crippen LogP contribution in [0.2, 0.25) is 0 Å². The Labute approximate surface area is 139 Å². The van der Waals surface area contributed by atoms with Crippen LogP contribution in [0.5, 0.6) is 0 Å². The average Bonchev–Trinajstić information content (AvgIpc) is 3.07. The Morgan fingerprint density at radius 3 is 2.52 bits per heavy atom. The first-order valence-electron chi connectivity index (χ1n) is 8.77. The maximum absolute atomic E-state index is 13.1. The van der Waals surface area contributed by atoms with E-state index in [4.69, 9.17) is 4.74 Å². The first-order valence-corrected chi connectivity index (χ1v) is 8.77. The van der Waals surface area contributed by atoms with E-state index in [0.29, 0.717) is 12.0 Å². The third kappa shape index (κ3) is 4.12. The summed E-state index contributed by atoms with van der Waals surface area (Å²) in [6.45, 7) is 6.67. The molecule has 1 aromatic carbocycles. The Hall–Kier alpha value is -1.39. The Balaban J connectivity index is 1.75. The highest BCUT2D eigenvalue weighted by Gasteiger charge is 2.30. The van der Waals surface area contributed by atoms with Crippen LogP contribution in [0, 0.1) is 12.8 Å². The number of benzene rings is 1. The van der Waals surface area contributed by atoms with Crippen LogP contribution in [0.3, 0.4) is 0 Å². The number of ether oxygens (including phenoxy) is 1. The lowest BCUT2D eigenvalue weighted by Crippen LogP contribution is -2.48. The number of nitrogens with zero attached hydrogens (tertiary/aromatic N) is 2. The fourth-order valence-electron chi connectivity index (χ4n) is 3.57. The monoisotopic (exact) mass is 316 g/mol. The molecular formula is C19H28N2O2. The van der Waals surface area contributed by atoms with Gasteiger partial charge in [-0.15, -0.1) is 0 Å². The number of carbonyl (C=O) groups is 1. The lowest BCUT2D eigenvalue weighted by Gasteiger charge is -2.38. The van der Waals surface area contributed by atoms with Gasteiger partial charge in [0.15, 0.2) is 0 Å².